The molecule has 2 fully saturated rings. The molecule has 228 valence electrons. The van der Waals surface area contributed by atoms with E-state index >= 15 is 0 Å². The molecule has 2 amide bonds. The average molecular weight is 653 g/mol. The molecule has 3 heterocycles. The van der Waals surface area contributed by atoms with Gasteiger partial charge in [-0.15, -0.1) is 0 Å². The monoisotopic (exact) mass is 651 g/mol. The molecule has 0 radical (unpaired) electrons. The summed E-state index contributed by atoms with van der Waals surface area (Å²) >= 11 is 12.2. The summed E-state index contributed by atoms with van der Waals surface area (Å²) in [6, 6.07) is 23.5. The molecule has 1 N–H and O–H groups in total. The third kappa shape index (κ3) is 5.75. The highest BCUT2D eigenvalue weighted by Crippen LogP contribution is 2.40. The lowest BCUT2D eigenvalue weighted by molar-refractivity contribution is -0.137. The number of amides is 2. The van der Waals surface area contributed by atoms with Crippen LogP contribution in [0.2, 0.25) is 10.0 Å². The highest BCUT2D eigenvalue weighted by molar-refractivity contribution is 7.89. The number of nitrogens with zero attached hydrogens (tertiary/aromatic N) is 4. The molecule has 44 heavy (non-hydrogen) atoms. The molecule has 2 saturated heterocycles. The van der Waals surface area contributed by atoms with Gasteiger partial charge >= 0.3 is 0 Å². The molecule has 1 aromatic heterocycles. The number of sulfonamides is 1. The standard InChI is InChI=1S/C32H31Cl2N5O4S/c33-25-12-11-23(27(34)20-25)13-17-35-29(40)21-37-22-39(26-8-2-1-3-9-26)32(31(37)41)14-18-38(19-15-32)44(42,43)28-10-4-6-24-7-5-16-36-30(24)28/h1-12,16,20H,13-15,17-19,21-22H2,(H,35,40). The minimum Gasteiger partial charge on any atom is -0.354 e. The summed E-state index contributed by atoms with van der Waals surface area (Å²) < 4.78 is 29.0. The van der Waals surface area contributed by atoms with Crippen LogP contribution in [0.5, 0.6) is 0 Å². The summed E-state index contributed by atoms with van der Waals surface area (Å²) in [6.45, 7) is 0.776. The number of nitrogens with one attached hydrogen (secondary N) is 1. The topological polar surface area (TPSA) is 103 Å². The molecule has 2 aliphatic heterocycles. The number of anilines is 1. The van der Waals surface area contributed by atoms with Gasteiger partial charge in [-0.1, -0.05) is 65.7 Å². The molecule has 0 unspecified atom stereocenters. The first-order valence-electron chi connectivity index (χ1n) is 14.4. The summed E-state index contributed by atoms with van der Waals surface area (Å²) in [7, 11) is -3.86. The second-order valence-corrected chi connectivity index (χ2v) is 13.8. The average Bonchev–Trinajstić information content (AvgIpc) is 3.28. The Morgan fingerprint density at radius 2 is 1.70 bits per heavy atom. The van der Waals surface area contributed by atoms with E-state index in [-0.39, 0.29) is 55.9 Å². The molecule has 4 aromatic rings. The number of halogens is 2. The molecule has 6 rings (SSSR count). The predicted octanol–water partition coefficient (Wildman–Crippen LogP) is 4.73. The number of hydrogen-bond acceptors (Lipinski definition) is 6. The SMILES string of the molecule is O=C(CN1CN(c2ccccc2)C2(CCN(S(=O)(=O)c3cccc4cccnc34)CC2)C1=O)NCCc1ccc(Cl)cc1Cl. The number of carbonyl (C=O) groups is 2. The minimum atomic E-state index is -3.86. The van der Waals surface area contributed by atoms with E-state index in [4.69, 9.17) is 23.2 Å². The van der Waals surface area contributed by atoms with Crippen molar-refractivity contribution in [2.75, 3.05) is 37.7 Å². The number of hydrogen-bond donors (Lipinski definition) is 1. The van der Waals surface area contributed by atoms with Gasteiger partial charge in [-0.3, -0.25) is 14.6 Å². The maximum Gasteiger partial charge on any atom is 0.250 e. The number of pyridine rings is 1. The van der Waals surface area contributed by atoms with Crippen LogP contribution in [0.4, 0.5) is 5.69 Å². The highest BCUT2D eigenvalue weighted by Gasteiger charge is 2.55. The van der Waals surface area contributed by atoms with Crippen LogP contribution < -0.4 is 10.2 Å². The Morgan fingerprint density at radius 1 is 0.955 bits per heavy atom. The lowest BCUT2D eigenvalue weighted by atomic mass is 9.86. The van der Waals surface area contributed by atoms with Crippen LogP contribution in [0, 0.1) is 0 Å². The van der Waals surface area contributed by atoms with Gasteiger partial charge in [0.15, 0.2) is 0 Å². The Hall–Kier alpha value is -3.70. The summed E-state index contributed by atoms with van der Waals surface area (Å²) in [5.41, 5.74) is 1.16. The second-order valence-electron chi connectivity index (χ2n) is 11.0. The van der Waals surface area contributed by atoms with E-state index in [1.165, 1.54) is 4.31 Å². The molecular weight excluding hydrogens is 621 g/mol. The lowest BCUT2D eigenvalue weighted by Gasteiger charge is -2.42. The van der Waals surface area contributed by atoms with Crippen molar-refractivity contribution in [3.8, 4) is 0 Å². The normalized spacial score (nSPS) is 17.0. The van der Waals surface area contributed by atoms with Gasteiger partial charge < -0.3 is 15.1 Å². The molecule has 0 bridgehead atoms. The predicted molar refractivity (Wildman–Crippen MR) is 171 cm³/mol. The van der Waals surface area contributed by atoms with Crippen molar-refractivity contribution in [2.24, 2.45) is 0 Å². The summed E-state index contributed by atoms with van der Waals surface area (Å²) in [6.07, 6.45) is 2.67. The molecule has 2 aliphatic rings. The molecule has 1 spiro atoms. The van der Waals surface area contributed by atoms with Crippen molar-refractivity contribution in [1.29, 1.82) is 0 Å². The van der Waals surface area contributed by atoms with Crippen molar-refractivity contribution in [2.45, 2.75) is 29.7 Å². The van der Waals surface area contributed by atoms with E-state index < -0.39 is 15.6 Å². The Balaban J connectivity index is 1.17. The maximum absolute atomic E-state index is 14.1. The Morgan fingerprint density at radius 3 is 2.45 bits per heavy atom. The van der Waals surface area contributed by atoms with Crippen molar-refractivity contribution in [3.05, 3.63) is 101 Å². The number of rotatable bonds is 8. The van der Waals surface area contributed by atoms with Crippen molar-refractivity contribution >= 4 is 61.6 Å². The van der Waals surface area contributed by atoms with E-state index in [1.807, 2.05) is 53.4 Å². The van der Waals surface area contributed by atoms with E-state index in [1.54, 1.807) is 41.4 Å². The van der Waals surface area contributed by atoms with Crippen LogP contribution in [0.25, 0.3) is 10.9 Å². The largest absolute Gasteiger partial charge is 0.354 e. The second kappa shape index (κ2) is 12.4. The molecule has 0 saturated carbocycles. The minimum absolute atomic E-state index is 0.109. The van der Waals surface area contributed by atoms with Gasteiger partial charge in [0, 0.05) is 46.9 Å². The fraction of sp³-hybridized carbons (Fsp3) is 0.281. The molecule has 12 heteroatoms. The Bertz CT molecular complexity index is 1810. The van der Waals surface area contributed by atoms with Crippen LogP contribution in [-0.4, -0.2) is 72.8 Å². The van der Waals surface area contributed by atoms with Gasteiger partial charge in [0.1, 0.15) is 17.0 Å². The van der Waals surface area contributed by atoms with Crippen LogP contribution >= 0.6 is 23.2 Å². The van der Waals surface area contributed by atoms with E-state index in [2.05, 4.69) is 10.3 Å². The number of piperidine rings is 1. The quantitative estimate of drug-likeness (QED) is 0.296. The summed E-state index contributed by atoms with van der Waals surface area (Å²) in [5.74, 6) is -0.460. The lowest BCUT2D eigenvalue weighted by Crippen LogP contribution is -2.57. The number of aromatic nitrogens is 1. The smallest absolute Gasteiger partial charge is 0.250 e. The van der Waals surface area contributed by atoms with Gasteiger partial charge in [-0.2, -0.15) is 4.31 Å². The van der Waals surface area contributed by atoms with Crippen molar-refractivity contribution < 1.29 is 18.0 Å². The van der Waals surface area contributed by atoms with Crippen molar-refractivity contribution in [1.82, 2.24) is 19.5 Å². The van der Waals surface area contributed by atoms with E-state index in [0.29, 0.717) is 28.5 Å². The zero-order valence-corrected chi connectivity index (χ0v) is 26.2. The first-order valence-corrected chi connectivity index (χ1v) is 16.6. The van der Waals surface area contributed by atoms with Crippen molar-refractivity contribution in [3.63, 3.8) is 0 Å². The number of carbonyl (C=O) groups excluding carboxylic acids is 2. The molecule has 0 aliphatic carbocycles. The van der Waals surface area contributed by atoms with Gasteiger partial charge in [0.05, 0.1) is 12.2 Å². The van der Waals surface area contributed by atoms with Gasteiger partial charge in [0.25, 0.3) is 0 Å². The number of para-hydroxylation sites is 2. The zero-order chi connectivity index (χ0) is 30.9. The molecule has 9 nitrogen and oxygen atoms in total. The van der Waals surface area contributed by atoms with E-state index in [9.17, 15) is 18.0 Å². The van der Waals surface area contributed by atoms with Gasteiger partial charge in [0.2, 0.25) is 21.8 Å². The summed E-state index contributed by atoms with van der Waals surface area (Å²) in [4.78, 5) is 35.1. The van der Waals surface area contributed by atoms with Crippen LogP contribution in [-0.2, 0) is 26.0 Å². The maximum atomic E-state index is 14.1. The molecule has 3 aromatic carbocycles. The summed E-state index contributed by atoms with van der Waals surface area (Å²) in [5, 5.41) is 4.71. The third-order valence-electron chi connectivity index (χ3n) is 8.41. The van der Waals surface area contributed by atoms with E-state index in [0.717, 1.165) is 16.6 Å². The first-order chi connectivity index (χ1) is 21.2. The van der Waals surface area contributed by atoms with Crippen LogP contribution in [0.3, 0.4) is 0 Å². The van der Waals surface area contributed by atoms with Gasteiger partial charge in [-0.25, -0.2) is 8.42 Å². The molecular formula is C32H31Cl2N5O4S. The molecule has 0 atom stereocenters. The number of fused-ring (bicyclic) bond motifs is 1. The fourth-order valence-corrected chi connectivity index (χ4v) is 8.24. The zero-order valence-electron chi connectivity index (χ0n) is 23.8. The Labute approximate surface area is 266 Å². The number of benzene rings is 3. The van der Waals surface area contributed by atoms with Crippen LogP contribution in [0.15, 0.2) is 90.0 Å². The fourth-order valence-electron chi connectivity index (χ4n) is 6.13. The Kier molecular flexibility index (Phi) is 8.52. The van der Waals surface area contributed by atoms with Crippen LogP contribution in [0.1, 0.15) is 18.4 Å². The highest BCUT2D eigenvalue weighted by atomic mass is 35.5. The third-order valence-corrected chi connectivity index (χ3v) is 10.9. The van der Waals surface area contributed by atoms with Gasteiger partial charge in [-0.05, 0) is 61.2 Å². The first kappa shape index (κ1) is 30.3.